The van der Waals surface area contributed by atoms with Gasteiger partial charge in [-0.25, -0.2) is 0 Å². The van der Waals surface area contributed by atoms with Crippen molar-refractivity contribution in [2.75, 3.05) is 19.8 Å². The molecule has 0 saturated carbocycles. The predicted molar refractivity (Wildman–Crippen MR) is 318 cm³/mol. The molecule has 2 saturated heterocycles. The highest BCUT2D eigenvalue weighted by Crippen LogP contribution is 2.30. The third kappa shape index (κ3) is 36.0. The first-order valence-electron chi connectivity index (χ1n) is 33.1. The molecule has 79 heavy (non-hydrogen) atoms. The number of allylic oxidation sites excluding steroid dienone is 3. The molecule has 12 atom stereocenters. The van der Waals surface area contributed by atoms with Gasteiger partial charge in [-0.2, -0.15) is 0 Å². The fraction of sp³-hybridized carbons (Fsp3) is 0.923. The van der Waals surface area contributed by atoms with Gasteiger partial charge in [-0.3, -0.25) is 4.79 Å². The number of amides is 1. The molecule has 1 amide bonds. The lowest BCUT2D eigenvalue weighted by atomic mass is 9.97. The van der Waals surface area contributed by atoms with Crippen molar-refractivity contribution in [1.82, 2.24) is 5.32 Å². The van der Waals surface area contributed by atoms with Crippen LogP contribution >= 0.6 is 0 Å². The highest BCUT2D eigenvalue weighted by Gasteiger charge is 2.51. The number of ether oxygens (including phenoxy) is 4. The quantitative estimate of drug-likeness (QED) is 0.0204. The lowest BCUT2D eigenvalue weighted by Gasteiger charge is -2.46. The van der Waals surface area contributed by atoms with Gasteiger partial charge in [0.25, 0.3) is 0 Å². The van der Waals surface area contributed by atoms with Crippen molar-refractivity contribution in [2.45, 2.75) is 364 Å². The maximum Gasteiger partial charge on any atom is 0.220 e. The van der Waals surface area contributed by atoms with Crippen LogP contribution in [0, 0.1) is 0 Å². The van der Waals surface area contributed by atoms with Crippen LogP contribution in [0.15, 0.2) is 24.3 Å². The molecule has 0 radical (unpaired) electrons. The number of aliphatic hydroxyl groups is 8. The second-order valence-electron chi connectivity index (χ2n) is 23.6. The standard InChI is InChI=1S/C65H123NO13/c1-3-5-7-9-11-13-15-17-19-21-22-23-24-25-26-27-28-29-30-31-33-34-36-38-40-42-44-46-48-54(69)53(66-57(70)49-47-45-43-41-39-37-35-32-20-18-16-14-12-10-8-6-4-2)52-76-64-62(75)60(73)63(56(51-68)78-64)79-65-61(74)59(72)58(71)55(50-67)77-65/h18,20,46,48,53-56,58-65,67-69,71-75H,3-17,19,21-45,47,49-52H2,1-2H3,(H,66,70)/b20-18-,48-46+. The van der Waals surface area contributed by atoms with Crippen molar-refractivity contribution in [3.8, 4) is 0 Å². The molecule has 2 rings (SSSR count). The van der Waals surface area contributed by atoms with E-state index in [2.05, 4.69) is 31.3 Å². The highest BCUT2D eigenvalue weighted by molar-refractivity contribution is 5.76. The number of aliphatic hydroxyl groups excluding tert-OH is 8. The van der Waals surface area contributed by atoms with E-state index in [4.69, 9.17) is 18.9 Å². The zero-order valence-electron chi connectivity index (χ0n) is 50.4. The fourth-order valence-corrected chi connectivity index (χ4v) is 11.1. The molecular formula is C65H123NO13. The Morgan fingerprint density at radius 3 is 1.20 bits per heavy atom. The Morgan fingerprint density at radius 2 is 0.797 bits per heavy atom. The van der Waals surface area contributed by atoms with E-state index in [1.54, 1.807) is 6.08 Å². The van der Waals surface area contributed by atoms with Crippen molar-refractivity contribution in [3.05, 3.63) is 24.3 Å². The van der Waals surface area contributed by atoms with Crippen molar-refractivity contribution in [2.24, 2.45) is 0 Å². The summed E-state index contributed by atoms with van der Waals surface area (Å²) in [6, 6.07) is -0.916. The number of hydrogen-bond donors (Lipinski definition) is 9. The SMILES string of the molecule is CCCCCCCC/C=C\CCCCCCCCCC(=O)NC(COC1OC(CO)C(OC2OC(CO)C(O)C(O)C2O)C(O)C1O)C(O)/C=C/CCCCCCCCCCCCCCCCCCCCCCCCCCCC. The Labute approximate surface area is 481 Å². The van der Waals surface area contributed by atoms with E-state index in [1.807, 2.05) is 6.08 Å². The molecule has 466 valence electrons. The molecular weight excluding hydrogens is 1000 g/mol. The first kappa shape index (κ1) is 73.6. The van der Waals surface area contributed by atoms with Crippen molar-refractivity contribution < 1.29 is 64.6 Å². The zero-order valence-corrected chi connectivity index (χ0v) is 50.4. The van der Waals surface area contributed by atoms with Gasteiger partial charge in [0.05, 0.1) is 32.0 Å². The summed E-state index contributed by atoms with van der Waals surface area (Å²) in [6.45, 7) is 2.83. The minimum absolute atomic E-state index is 0.240. The summed E-state index contributed by atoms with van der Waals surface area (Å²) in [5.74, 6) is -0.240. The van der Waals surface area contributed by atoms with E-state index in [9.17, 15) is 45.6 Å². The van der Waals surface area contributed by atoms with Gasteiger partial charge < -0.3 is 65.1 Å². The van der Waals surface area contributed by atoms with Crippen LogP contribution in [0.2, 0.25) is 0 Å². The van der Waals surface area contributed by atoms with E-state index in [0.717, 1.165) is 44.9 Å². The number of carbonyl (C=O) groups is 1. The first-order valence-corrected chi connectivity index (χ1v) is 33.1. The molecule has 2 heterocycles. The third-order valence-corrected chi connectivity index (χ3v) is 16.4. The Balaban J connectivity index is 1.70. The van der Waals surface area contributed by atoms with Gasteiger partial charge in [0.1, 0.15) is 48.8 Å². The molecule has 0 bridgehead atoms. The molecule has 14 heteroatoms. The predicted octanol–water partition coefficient (Wildman–Crippen LogP) is 12.4. The second-order valence-corrected chi connectivity index (χ2v) is 23.6. The van der Waals surface area contributed by atoms with Gasteiger partial charge in [-0.05, 0) is 44.9 Å². The van der Waals surface area contributed by atoms with E-state index >= 15 is 0 Å². The van der Waals surface area contributed by atoms with Crippen LogP contribution in [-0.2, 0) is 23.7 Å². The van der Waals surface area contributed by atoms with Gasteiger partial charge in [-0.1, -0.05) is 263 Å². The molecule has 2 aliphatic rings. The van der Waals surface area contributed by atoms with Crippen LogP contribution < -0.4 is 5.32 Å². The maximum atomic E-state index is 13.3. The van der Waals surface area contributed by atoms with E-state index < -0.39 is 86.8 Å². The Hall–Kier alpha value is -1.53. The molecule has 0 aromatic carbocycles. The summed E-state index contributed by atoms with van der Waals surface area (Å²) < 4.78 is 22.8. The van der Waals surface area contributed by atoms with Gasteiger partial charge in [-0.15, -0.1) is 0 Å². The van der Waals surface area contributed by atoms with E-state index in [-0.39, 0.29) is 18.9 Å². The lowest BCUT2D eigenvalue weighted by molar-refractivity contribution is -0.359. The maximum absolute atomic E-state index is 13.3. The molecule has 12 unspecified atom stereocenters. The molecule has 0 aliphatic carbocycles. The van der Waals surface area contributed by atoms with Gasteiger partial charge >= 0.3 is 0 Å². The smallest absolute Gasteiger partial charge is 0.220 e. The summed E-state index contributed by atoms with van der Waals surface area (Å²) >= 11 is 0. The molecule has 2 aliphatic heterocycles. The van der Waals surface area contributed by atoms with E-state index in [0.29, 0.717) is 6.42 Å². The highest BCUT2D eigenvalue weighted by atomic mass is 16.7. The third-order valence-electron chi connectivity index (χ3n) is 16.4. The number of rotatable bonds is 54. The number of nitrogens with one attached hydrogen (secondary N) is 1. The Kier molecular flexibility index (Phi) is 47.4. The molecule has 0 spiro atoms. The summed E-state index contributed by atoms with van der Waals surface area (Å²) in [6.07, 6.45) is 45.1. The lowest BCUT2D eigenvalue weighted by Crippen LogP contribution is -2.65. The van der Waals surface area contributed by atoms with Crippen LogP contribution in [-0.4, -0.2) is 140 Å². The summed E-state index contributed by atoms with van der Waals surface area (Å²) in [5.41, 5.74) is 0. The van der Waals surface area contributed by atoms with Crippen LogP contribution in [0.4, 0.5) is 0 Å². The Morgan fingerprint density at radius 1 is 0.443 bits per heavy atom. The first-order chi connectivity index (χ1) is 38.6. The minimum atomic E-state index is -1.79. The summed E-state index contributed by atoms with van der Waals surface area (Å²) in [7, 11) is 0. The van der Waals surface area contributed by atoms with Crippen LogP contribution in [0.25, 0.3) is 0 Å². The van der Waals surface area contributed by atoms with Crippen LogP contribution in [0.5, 0.6) is 0 Å². The minimum Gasteiger partial charge on any atom is -0.394 e. The molecule has 0 aromatic heterocycles. The van der Waals surface area contributed by atoms with Crippen molar-refractivity contribution >= 4 is 5.91 Å². The topological polar surface area (TPSA) is 228 Å². The van der Waals surface area contributed by atoms with Crippen molar-refractivity contribution in [3.63, 3.8) is 0 Å². The average Bonchev–Trinajstić information content (AvgIpc) is 3.47. The van der Waals surface area contributed by atoms with Crippen molar-refractivity contribution in [1.29, 1.82) is 0 Å². The molecule has 0 aromatic rings. The summed E-state index contributed by atoms with van der Waals surface area (Å²) in [5, 5.41) is 87.3. The molecule has 2 fully saturated rings. The number of unbranched alkanes of at least 4 members (excludes halogenated alkanes) is 39. The van der Waals surface area contributed by atoms with Crippen LogP contribution in [0.1, 0.15) is 290 Å². The van der Waals surface area contributed by atoms with Gasteiger partial charge in [0, 0.05) is 6.42 Å². The van der Waals surface area contributed by atoms with Crippen LogP contribution in [0.3, 0.4) is 0 Å². The Bertz CT molecular complexity index is 1420. The largest absolute Gasteiger partial charge is 0.394 e. The summed E-state index contributed by atoms with van der Waals surface area (Å²) in [4.78, 5) is 13.3. The van der Waals surface area contributed by atoms with Gasteiger partial charge in [0.15, 0.2) is 12.6 Å². The zero-order chi connectivity index (χ0) is 57.4. The number of carbonyl (C=O) groups excluding carboxylic acids is 1. The molecule has 14 nitrogen and oxygen atoms in total. The monoisotopic (exact) mass is 1130 g/mol. The van der Waals surface area contributed by atoms with Gasteiger partial charge in [0.2, 0.25) is 5.91 Å². The second kappa shape index (κ2) is 50.9. The van der Waals surface area contributed by atoms with E-state index in [1.165, 1.54) is 218 Å². The number of hydrogen-bond acceptors (Lipinski definition) is 13. The fourth-order valence-electron chi connectivity index (χ4n) is 11.1. The molecule has 9 N–H and O–H groups in total. The average molecular weight is 1130 g/mol. The normalized spacial score (nSPS) is 24.5.